The normalized spacial score (nSPS) is 17.0. The smallest absolute Gasteiger partial charge is 0.472 e. The van der Waals surface area contributed by atoms with E-state index in [0.717, 1.165) is 22.3 Å². The number of amides is 1. The second kappa shape index (κ2) is 10.3. The topological polar surface area (TPSA) is 100 Å². The van der Waals surface area contributed by atoms with Crippen LogP contribution in [0.5, 0.6) is 5.75 Å². The van der Waals surface area contributed by atoms with Gasteiger partial charge in [0.05, 0.1) is 19.3 Å². The molecule has 1 aliphatic rings. The van der Waals surface area contributed by atoms with Crippen LogP contribution in [0.3, 0.4) is 0 Å². The van der Waals surface area contributed by atoms with Crippen molar-refractivity contribution in [1.29, 1.82) is 0 Å². The van der Waals surface area contributed by atoms with Gasteiger partial charge in [-0.1, -0.05) is 65.3 Å². The number of carbonyl (C=O) groups is 1. The van der Waals surface area contributed by atoms with Gasteiger partial charge in [-0.2, -0.15) is 0 Å². The van der Waals surface area contributed by atoms with Crippen molar-refractivity contribution in [2.24, 2.45) is 5.16 Å². The number of halogens is 1. The van der Waals surface area contributed by atoms with Crippen molar-refractivity contribution in [2.75, 3.05) is 13.6 Å². The lowest BCUT2D eigenvalue weighted by molar-refractivity contribution is -0.143. The van der Waals surface area contributed by atoms with Crippen molar-refractivity contribution in [3.05, 3.63) is 88.9 Å². The van der Waals surface area contributed by atoms with Crippen molar-refractivity contribution in [3.8, 4) is 16.9 Å². The molecule has 0 saturated carbocycles. The molecule has 0 fully saturated rings. The number of hydrogen-bond donors (Lipinski definition) is 3. The van der Waals surface area contributed by atoms with Gasteiger partial charge in [-0.25, -0.2) is 0 Å². The van der Waals surface area contributed by atoms with E-state index in [1.807, 2.05) is 66.7 Å². The summed E-state index contributed by atoms with van der Waals surface area (Å²) in [7, 11) is -0.0605. The van der Waals surface area contributed by atoms with Gasteiger partial charge in [0.25, 0.3) is 5.91 Å². The molecule has 0 aliphatic carbocycles. The molecule has 1 unspecified atom stereocenters. The molecule has 0 aromatic heterocycles. The molecule has 4 rings (SSSR count). The average molecular weight is 479 g/mol. The molecule has 174 valence electrons. The van der Waals surface area contributed by atoms with Crippen molar-refractivity contribution in [2.45, 2.75) is 18.4 Å². The Balaban J connectivity index is 1.63. The van der Waals surface area contributed by atoms with Crippen LogP contribution < -0.4 is 10.1 Å². The molecule has 0 saturated heterocycles. The van der Waals surface area contributed by atoms with Gasteiger partial charge in [-0.15, -0.1) is 0 Å². The van der Waals surface area contributed by atoms with E-state index in [1.165, 1.54) is 0 Å². The Morgan fingerprint density at radius 3 is 2.62 bits per heavy atom. The Morgan fingerprint density at radius 1 is 1.12 bits per heavy atom. The number of nitrogens with one attached hydrogen (secondary N) is 1. The fourth-order valence-corrected chi connectivity index (χ4v) is 4.14. The first-order valence-electron chi connectivity index (χ1n) is 10.8. The Bertz CT molecular complexity index is 1200. The fraction of sp³-hybridized carbons (Fsp3) is 0.200. The molecule has 9 heteroatoms. The minimum absolute atomic E-state index is 0.214. The Kier molecular flexibility index (Phi) is 7.22. The van der Waals surface area contributed by atoms with Crippen molar-refractivity contribution in [1.82, 2.24) is 5.32 Å². The van der Waals surface area contributed by atoms with Gasteiger partial charge in [0, 0.05) is 29.0 Å². The summed E-state index contributed by atoms with van der Waals surface area (Å²) < 4.78 is 5.49. The quantitative estimate of drug-likeness (QED) is 0.432. The molecular formula is C25H24BClN2O5. The van der Waals surface area contributed by atoms with E-state index in [2.05, 4.69) is 10.5 Å². The summed E-state index contributed by atoms with van der Waals surface area (Å²) in [4.78, 5) is 18.9. The van der Waals surface area contributed by atoms with Crippen LogP contribution in [0, 0.1) is 0 Å². The first-order chi connectivity index (χ1) is 16.4. The standard InChI is InChI=1S/C25H24BClN2O5/c1-33-23-11-10-20(27)13-21(23)18-8-5-9-19(12-18)22-15-25(34-29-22,24(30)28-16-26(31)32)14-17-6-3-2-4-7-17/h2-13,31-32H,14-16H2,1H3,(H,28,30). The summed E-state index contributed by atoms with van der Waals surface area (Å²) in [6, 6.07) is 22.6. The Hall–Kier alpha value is -3.33. The highest BCUT2D eigenvalue weighted by Gasteiger charge is 2.47. The lowest BCUT2D eigenvalue weighted by Crippen LogP contribution is -2.51. The van der Waals surface area contributed by atoms with Crippen LogP contribution in [-0.2, 0) is 16.1 Å². The van der Waals surface area contributed by atoms with Gasteiger partial charge in [0.2, 0.25) is 5.60 Å². The number of benzene rings is 3. The van der Waals surface area contributed by atoms with Crippen LogP contribution in [-0.4, -0.2) is 47.9 Å². The van der Waals surface area contributed by atoms with E-state index in [-0.39, 0.29) is 19.3 Å². The summed E-state index contributed by atoms with van der Waals surface area (Å²) in [5.74, 6) is 0.224. The number of rotatable bonds is 8. The van der Waals surface area contributed by atoms with E-state index in [1.54, 1.807) is 13.2 Å². The number of nitrogens with zero attached hydrogens (tertiary/aromatic N) is 1. The molecule has 34 heavy (non-hydrogen) atoms. The molecular weight excluding hydrogens is 455 g/mol. The molecule has 3 N–H and O–H groups in total. The van der Waals surface area contributed by atoms with Crippen LogP contribution in [0.25, 0.3) is 11.1 Å². The zero-order valence-electron chi connectivity index (χ0n) is 18.6. The summed E-state index contributed by atoms with van der Waals surface area (Å²) in [5, 5.41) is 25.8. The maximum Gasteiger partial charge on any atom is 0.472 e. The monoisotopic (exact) mass is 478 g/mol. The third kappa shape index (κ3) is 5.25. The van der Waals surface area contributed by atoms with E-state index in [9.17, 15) is 14.8 Å². The van der Waals surface area contributed by atoms with Crippen molar-refractivity contribution < 1.29 is 24.4 Å². The number of ether oxygens (including phenoxy) is 1. The molecule has 0 spiro atoms. The highest BCUT2D eigenvalue weighted by Crippen LogP contribution is 2.35. The highest BCUT2D eigenvalue weighted by molar-refractivity contribution is 6.41. The van der Waals surface area contributed by atoms with Crippen molar-refractivity contribution in [3.63, 3.8) is 0 Å². The van der Waals surface area contributed by atoms with E-state index >= 15 is 0 Å². The Labute approximate surface area is 203 Å². The summed E-state index contributed by atoms with van der Waals surface area (Å²) in [6.07, 6.45) is 0.180. The predicted molar refractivity (Wildman–Crippen MR) is 132 cm³/mol. The second-order valence-electron chi connectivity index (χ2n) is 8.08. The van der Waals surface area contributed by atoms with E-state index in [0.29, 0.717) is 16.5 Å². The van der Waals surface area contributed by atoms with Gasteiger partial charge in [-0.3, -0.25) is 4.79 Å². The molecule has 1 aliphatic heterocycles. The maximum absolute atomic E-state index is 13.1. The SMILES string of the molecule is COc1ccc(Cl)cc1-c1cccc(C2=NOC(Cc3ccccc3)(C(=O)NCB(O)O)C2)c1. The first kappa shape index (κ1) is 23.8. The largest absolute Gasteiger partial charge is 0.496 e. The molecule has 0 radical (unpaired) electrons. The number of methoxy groups -OCH3 is 1. The van der Waals surface area contributed by atoms with Gasteiger partial charge in [0.15, 0.2) is 0 Å². The minimum atomic E-state index is -1.66. The van der Waals surface area contributed by atoms with E-state index < -0.39 is 18.6 Å². The fourth-order valence-electron chi connectivity index (χ4n) is 3.97. The number of hydrogen-bond acceptors (Lipinski definition) is 6. The molecule has 1 amide bonds. The van der Waals surface area contributed by atoms with Crippen LogP contribution in [0.15, 0.2) is 78.0 Å². The second-order valence-corrected chi connectivity index (χ2v) is 8.52. The first-order valence-corrected chi connectivity index (χ1v) is 11.2. The lowest BCUT2D eigenvalue weighted by atomic mass is 9.85. The van der Waals surface area contributed by atoms with Crippen LogP contribution in [0.1, 0.15) is 17.5 Å². The minimum Gasteiger partial charge on any atom is -0.496 e. The van der Waals surface area contributed by atoms with Gasteiger partial charge >= 0.3 is 7.12 Å². The lowest BCUT2D eigenvalue weighted by Gasteiger charge is -2.25. The number of oxime groups is 1. The zero-order valence-corrected chi connectivity index (χ0v) is 19.3. The van der Waals surface area contributed by atoms with Crippen molar-refractivity contribution >= 4 is 30.3 Å². The maximum atomic E-state index is 13.1. The van der Waals surface area contributed by atoms with Gasteiger partial charge < -0.3 is 24.9 Å². The van der Waals surface area contributed by atoms with Crippen LogP contribution >= 0.6 is 11.6 Å². The molecule has 0 bridgehead atoms. The van der Waals surface area contributed by atoms with E-state index in [4.69, 9.17) is 21.2 Å². The zero-order chi connectivity index (χ0) is 24.1. The van der Waals surface area contributed by atoms with Crippen LogP contribution in [0.2, 0.25) is 5.02 Å². The molecule has 1 atom stereocenters. The summed E-state index contributed by atoms with van der Waals surface area (Å²) in [5.41, 5.74) is 2.71. The molecule has 7 nitrogen and oxygen atoms in total. The Morgan fingerprint density at radius 2 is 1.88 bits per heavy atom. The third-order valence-electron chi connectivity index (χ3n) is 5.64. The average Bonchev–Trinajstić information content (AvgIpc) is 3.28. The molecule has 3 aromatic rings. The molecule has 1 heterocycles. The third-order valence-corrected chi connectivity index (χ3v) is 5.88. The summed E-state index contributed by atoms with van der Waals surface area (Å²) >= 11 is 6.21. The van der Waals surface area contributed by atoms with Crippen LogP contribution in [0.4, 0.5) is 0 Å². The van der Waals surface area contributed by atoms with Gasteiger partial charge in [0.1, 0.15) is 5.75 Å². The summed E-state index contributed by atoms with van der Waals surface area (Å²) in [6.45, 7) is 0. The molecule has 3 aromatic carbocycles. The highest BCUT2D eigenvalue weighted by atomic mass is 35.5. The number of carbonyl (C=O) groups excluding carboxylic acids is 1. The van der Waals surface area contributed by atoms with Gasteiger partial charge in [-0.05, 0) is 35.4 Å². The predicted octanol–water partition coefficient (Wildman–Crippen LogP) is 3.25.